The van der Waals surface area contributed by atoms with Crippen molar-refractivity contribution in [3.05, 3.63) is 102 Å². The Kier molecular flexibility index (Phi) is 6.44. The first-order valence-corrected chi connectivity index (χ1v) is 11.6. The van der Waals surface area contributed by atoms with Crippen LogP contribution in [0.2, 0.25) is 0 Å². The molecule has 32 heavy (non-hydrogen) atoms. The summed E-state index contributed by atoms with van der Waals surface area (Å²) in [7, 11) is -3.56. The number of ether oxygens (including phenoxy) is 1. The SMILES string of the molecule is NS(=O)(=O)Cc1ccc(Nc2cc(-c3ccccc3OCc3ccccc3)ncn2)cc1. The molecule has 0 saturated heterocycles. The van der Waals surface area contributed by atoms with E-state index in [0.717, 1.165) is 28.3 Å². The van der Waals surface area contributed by atoms with Crippen LogP contribution >= 0.6 is 0 Å². The minimum atomic E-state index is -3.56. The predicted octanol–water partition coefficient (Wildman–Crippen LogP) is 4.25. The van der Waals surface area contributed by atoms with Crippen molar-refractivity contribution in [2.45, 2.75) is 12.4 Å². The molecule has 0 unspecified atom stereocenters. The van der Waals surface area contributed by atoms with Crippen molar-refractivity contribution in [3.63, 3.8) is 0 Å². The molecule has 0 bridgehead atoms. The molecule has 3 aromatic carbocycles. The van der Waals surface area contributed by atoms with Gasteiger partial charge in [-0.05, 0) is 35.4 Å². The maximum Gasteiger partial charge on any atom is 0.213 e. The Bertz CT molecular complexity index is 1290. The van der Waals surface area contributed by atoms with Gasteiger partial charge in [-0.3, -0.25) is 0 Å². The second kappa shape index (κ2) is 9.59. The van der Waals surface area contributed by atoms with Gasteiger partial charge in [0.15, 0.2) is 0 Å². The van der Waals surface area contributed by atoms with Gasteiger partial charge in [-0.15, -0.1) is 0 Å². The fraction of sp³-hybridized carbons (Fsp3) is 0.0833. The highest BCUT2D eigenvalue weighted by Gasteiger charge is 2.10. The molecular formula is C24H22N4O3S. The molecule has 4 aromatic rings. The number of nitrogens with two attached hydrogens (primary N) is 1. The number of hydrogen-bond acceptors (Lipinski definition) is 6. The number of nitrogens with zero attached hydrogens (tertiary/aromatic N) is 2. The molecule has 0 radical (unpaired) electrons. The molecule has 0 saturated carbocycles. The first-order chi connectivity index (χ1) is 15.5. The number of aromatic nitrogens is 2. The van der Waals surface area contributed by atoms with Gasteiger partial charge in [-0.25, -0.2) is 23.5 Å². The third-order valence-corrected chi connectivity index (χ3v) is 5.40. The summed E-state index contributed by atoms with van der Waals surface area (Å²) >= 11 is 0. The zero-order chi connectivity index (χ0) is 22.4. The largest absolute Gasteiger partial charge is 0.488 e. The molecule has 0 atom stereocenters. The predicted molar refractivity (Wildman–Crippen MR) is 125 cm³/mol. The van der Waals surface area contributed by atoms with E-state index < -0.39 is 10.0 Å². The van der Waals surface area contributed by atoms with Crippen LogP contribution in [0.3, 0.4) is 0 Å². The fourth-order valence-electron chi connectivity index (χ4n) is 3.18. The Morgan fingerprint density at radius 2 is 1.56 bits per heavy atom. The van der Waals surface area contributed by atoms with E-state index >= 15 is 0 Å². The van der Waals surface area contributed by atoms with Crippen molar-refractivity contribution in [3.8, 4) is 17.0 Å². The normalized spacial score (nSPS) is 11.2. The third-order valence-electron chi connectivity index (χ3n) is 4.66. The van der Waals surface area contributed by atoms with Crippen LogP contribution in [-0.4, -0.2) is 18.4 Å². The van der Waals surface area contributed by atoms with Crippen LogP contribution in [0, 0.1) is 0 Å². The molecule has 162 valence electrons. The van der Waals surface area contributed by atoms with Crippen molar-refractivity contribution in [2.75, 3.05) is 5.32 Å². The van der Waals surface area contributed by atoms with Crippen LogP contribution in [0.1, 0.15) is 11.1 Å². The van der Waals surface area contributed by atoms with Gasteiger partial charge in [0.25, 0.3) is 0 Å². The molecule has 0 spiro atoms. The monoisotopic (exact) mass is 446 g/mol. The lowest BCUT2D eigenvalue weighted by molar-refractivity contribution is 0.307. The topological polar surface area (TPSA) is 107 Å². The highest BCUT2D eigenvalue weighted by atomic mass is 32.2. The summed E-state index contributed by atoms with van der Waals surface area (Å²) in [5, 5.41) is 8.31. The zero-order valence-corrected chi connectivity index (χ0v) is 18.0. The van der Waals surface area contributed by atoms with E-state index in [2.05, 4.69) is 15.3 Å². The Morgan fingerprint density at radius 3 is 2.31 bits per heavy atom. The molecule has 4 rings (SSSR count). The van der Waals surface area contributed by atoms with Crippen LogP contribution in [0.15, 0.2) is 91.3 Å². The zero-order valence-electron chi connectivity index (χ0n) is 17.2. The average Bonchev–Trinajstić information content (AvgIpc) is 2.79. The van der Waals surface area contributed by atoms with E-state index in [9.17, 15) is 8.42 Å². The van der Waals surface area contributed by atoms with Gasteiger partial charge in [0.2, 0.25) is 10.0 Å². The van der Waals surface area contributed by atoms with Crippen LogP contribution in [-0.2, 0) is 22.4 Å². The van der Waals surface area contributed by atoms with E-state index in [1.165, 1.54) is 6.33 Å². The maximum absolute atomic E-state index is 11.2. The number of rotatable bonds is 8. The second-order valence-corrected chi connectivity index (χ2v) is 8.80. The van der Waals surface area contributed by atoms with Crippen molar-refractivity contribution < 1.29 is 13.2 Å². The van der Waals surface area contributed by atoms with Gasteiger partial charge < -0.3 is 10.1 Å². The second-order valence-electron chi connectivity index (χ2n) is 7.19. The maximum atomic E-state index is 11.2. The molecule has 7 nitrogen and oxygen atoms in total. The van der Waals surface area contributed by atoms with Crippen LogP contribution in [0.4, 0.5) is 11.5 Å². The number of sulfonamides is 1. The Labute approximate surface area is 187 Å². The Balaban J connectivity index is 1.51. The van der Waals surface area contributed by atoms with Crippen LogP contribution in [0.5, 0.6) is 5.75 Å². The van der Waals surface area contributed by atoms with E-state index in [1.54, 1.807) is 24.3 Å². The highest BCUT2D eigenvalue weighted by Crippen LogP contribution is 2.30. The fourth-order valence-corrected chi connectivity index (χ4v) is 3.83. The van der Waals surface area contributed by atoms with Gasteiger partial charge in [0.05, 0.1) is 11.4 Å². The number of nitrogens with one attached hydrogen (secondary N) is 1. The van der Waals surface area contributed by atoms with Gasteiger partial charge in [0.1, 0.15) is 24.5 Å². The first kappa shape index (κ1) is 21.5. The molecule has 0 fully saturated rings. The molecular weight excluding hydrogens is 424 g/mol. The smallest absolute Gasteiger partial charge is 0.213 e. The summed E-state index contributed by atoms with van der Waals surface area (Å²) in [5.74, 6) is 1.13. The number of primary sulfonamides is 1. The number of para-hydroxylation sites is 1. The van der Waals surface area contributed by atoms with Crippen molar-refractivity contribution >= 4 is 21.5 Å². The van der Waals surface area contributed by atoms with E-state index in [4.69, 9.17) is 9.88 Å². The standard InChI is InChI=1S/C24H22N4O3S/c25-32(29,30)16-19-10-12-20(13-11-19)28-24-14-22(26-17-27-24)21-8-4-5-9-23(21)31-15-18-6-2-1-3-7-18/h1-14,17H,15-16H2,(H2,25,29,30)(H,26,27,28). The molecule has 0 aliphatic carbocycles. The first-order valence-electron chi connectivity index (χ1n) is 9.91. The molecule has 0 amide bonds. The average molecular weight is 447 g/mol. The quantitative estimate of drug-likeness (QED) is 0.419. The summed E-state index contributed by atoms with van der Waals surface area (Å²) < 4.78 is 28.5. The van der Waals surface area contributed by atoms with Gasteiger partial charge in [0, 0.05) is 17.3 Å². The van der Waals surface area contributed by atoms with E-state index in [0.29, 0.717) is 18.0 Å². The van der Waals surface area contributed by atoms with E-state index in [1.807, 2.05) is 60.7 Å². The minimum Gasteiger partial charge on any atom is -0.488 e. The highest BCUT2D eigenvalue weighted by molar-refractivity contribution is 7.88. The molecule has 3 N–H and O–H groups in total. The Morgan fingerprint density at radius 1 is 0.844 bits per heavy atom. The lowest BCUT2D eigenvalue weighted by Gasteiger charge is -2.12. The number of hydrogen-bond donors (Lipinski definition) is 2. The summed E-state index contributed by atoms with van der Waals surface area (Å²) in [6.45, 7) is 0.457. The van der Waals surface area contributed by atoms with Gasteiger partial charge >= 0.3 is 0 Å². The molecule has 1 aromatic heterocycles. The van der Waals surface area contributed by atoms with Crippen LogP contribution in [0.25, 0.3) is 11.3 Å². The lowest BCUT2D eigenvalue weighted by Crippen LogP contribution is -2.14. The third kappa shape index (κ3) is 5.90. The summed E-state index contributed by atoms with van der Waals surface area (Å²) in [5.41, 5.74) is 4.04. The van der Waals surface area contributed by atoms with Crippen molar-refractivity contribution in [1.29, 1.82) is 0 Å². The van der Waals surface area contributed by atoms with Crippen LogP contribution < -0.4 is 15.2 Å². The molecule has 0 aliphatic heterocycles. The molecule has 0 aliphatic rings. The van der Waals surface area contributed by atoms with Gasteiger partial charge in [-0.1, -0.05) is 54.6 Å². The van der Waals surface area contributed by atoms with Gasteiger partial charge in [-0.2, -0.15) is 0 Å². The summed E-state index contributed by atoms with van der Waals surface area (Å²) in [4.78, 5) is 8.70. The number of benzene rings is 3. The lowest BCUT2D eigenvalue weighted by atomic mass is 10.1. The van der Waals surface area contributed by atoms with E-state index in [-0.39, 0.29) is 5.75 Å². The van der Waals surface area contributed by atoms with Crippen molar-refractivity contribution in [2.24, 2.45) is 5.14 Å². The minimum absolute atomic E-state index is 0.204. The summed E-state index contributed by atoms with van der Waals surface area (Å²) in [6, 6.07) is 26.5. The Hall–Kier alpha value is -3.75. The molecule has 1 heterocycles. The van der Waals surface area contributed by atoms with Crippen molar-refractivity contribution in [1.82, 2.24) is 9.97 Å². The number of anilines is 2. The molecule has 8 heteroatoms. The summed E-state index contributed by atoms with van der Waals surface area (Å²) in [6.07, 6.45) is 1.49.